The Morgan fingerprint density at radius 1 is 1.32 bits per heavy atom. The lowest BCUT2D eigenvalue weighted by Gasteiger charge is -2.26. The van der Waals surface area contributed by atoms with Crippen molar-refractivity contribution in [2.45, 2.75) is 39.8 Å². The summed E-state index contributed by atoms with van der Waals surface area (Å²) in [4.78, 5) is 11.9. The first-order valence-corrected chi connectivity index (χ1v) is 7.52. The standard InChI is InChI=1S/C17H24N2O3/c1-12(20)8-17(2,3)11-19-16(21)18-9-13-10-22-15-7-5-4-6-14(13)15/h4-7,10,12,20H,8-9,11H2,1-3H3,(H2,18,19,21). The SMILES string of the molecule is CC(O)CC(C)(C)CNC(=O)NCc1coc2ccccc12. The predicted molar refractivity (Wildman–Crippen MR) is 86.5 cm³/mol. The van der Waals surface area contributed by atoms with Crippen LogP contribution in [0.25, 0.3) is 11.0 Å². The van der Waals surface area contributed by atoms with Gasteiger partial charge in [-0.2, -0.15) is 0 Å². The van der Waals surface area contributed by atoms with Crippen LogP contribution in [0.5, 0.6) is 0 Å². The van der Waals surface area contributed by atoms with Crippen LogP contribution < -0.4 is 10.6 Å². The number of aliphatic hydroxyl groups is 1. The number of fused-ring (bicyclic) bond motifs is 1. The third-order valence-corrected chi connectivity index (χ3v) is 3.58. The Morgan fingerprint density at radius 2 is 2.05 bits per heavy atom. The number of nitrogens with one attached hydrogen (secondary N) is 2. The van der Waals surface area contributed by atoms with Gasteiger partial charge in [-0.25, -0.2) is 4.79 Å². The fraction of sp³-hybridized carbons (Fsp3) is 0.471. The average molecular weight is 304 g/mol. The molecule has 0 aliphatic rings. The first kappa shape index (κ1) is 16.4. The number of carbonyl (C=O) groups is 1. The molecule has 5 heteroatoms. The highest BCUT2D eigenvalue weighted by Gasteiger charge is 2.21. The van der Waals surface area contributed by atoms with Crippen LogP contribution in [0, 0.1) is 5.41 Å². The van der Waals surface area contributed by atoms with Crippen LogP contribution in [-0.2, 0) is 6.54 Å². The van der Waals surface area contributed by atoms with E-state index in [0.717, 1.165) is 16.5 Å². The molecule has 1 heterocycles. The van der Waals surface area contributed by atoms with Gasteiger partial charge in [0, 0.05) is 24.0 Å². The molecule has 3 N–H and O–H groups in total. The van der Waals surface area contributed by atoms with E-state index in [2.05, 4.69) is 10.6 Å². The van der Waals surface area contributed by atoms with Gasteiger partial charge in [0.1, 0.15) is 5.58 Å². The Labute approximate surface area is 130 Å². The number of hydrogen-bond acceptors (Lipinski definition) is 3. The first-order valence-electron chi connectivity index (χ1n) is 7.52. The molecule has 0 bridgehead atoms. The van der Waals surface area contributed by atoms with Gasteiger partial charge >= 0.3 is 6.03 Å². The molecule has 2 aromatic rings. The molecule has 120 valence electrons. The topological polar surface area (TPSA) is 74.5 Å². The molecule has 0 aliphatic carbocycles. The normalized spacial score (nSPS) is 13.1. The lowest BCUT2D eigenvalue weighted by molar-refractivity contribution is 0.129. The summed E-state index contributed by atoms with van der Waals surface area (Å²) in [6.45, 7) is 6.72. The van der Waals surface area contributed by atoms with E-state index < -0.39 is 0 Å². The zero-order valence-electron chi connectivity index (χ0n) is 13.3. The number of benzene rings is 1. The van der Waals surface area contributed by atoms with Crippen molar-refractivity contribution in [1.29, 1.82) is 0 Å². The summed E-state index contributed by atoms with van der Waals surface area (Å²) in [5.41, 5.74) is 1.63. The van der Waals surface area contributed by atoms with Gasteiger partial charge in [0.15, 0.2) is 0 Å². The maximum atomic E-state index is 11.9. The molecule has 0 aliphatic heterocycles. The van der Waals surface area contributed by atoms with Gasteiger partial charge < -0.3 is 20.2 Å². The summed E-state index contributed by atoms with van der Waals surface area (Å²) in [5, 5.41) is 16.1. The van der Waals surface area contributed by atoms with Crippen LogP contribution in [0.4, 0.5) is 4.79 Å². The highest BCUT2D eigenvalue weighted by Crippen LogP contribution is 2.21. The Kier molecular flexibility index (Phi) is 5.08. The summed E-state index contributed by atoms with van der Waals surface area (Å²) in [6.07, 6.45) is 1.93. The fourth-order valence-electron chi connectivity index (χ4n) is 2.60. The molecular weight excluding hydrogens is 280 g/mol. The molecule has 2 rings (SSSR count). The van der Waals surface area contributed by atoms with Crippen molar-refractivity contribution >= 4 is 17.0 Å². The van der Waals surface area contributed by atoms with Gasteiger partial charge in [0.2, 0.25) is 0 Å². The molecule has 5 nitrogen and oxygen atoms in total. The summed E-state index contributed by atoms with van der Waals surface area (Å²) in [6, 6.07) is 7.51. The van der Waals surface area contributed by atoms with E-state index in [-0.39, 0.29) is 17.6 Å². The number of aliphatic hydroxyl groups excluding tert-OH is 1. The van der Waals surface area contributed by atoms with Gasteiger partial charge in [-0.05, 0) is 24.8 Å². The maximum absolute atomic E-state index is 11.9. The Hall–Kier alpha value is -2.01. The minimum atomic E-state index is -0.378. The van der Waals surface area contributed by atoms with Crippen LogP contribution in [0.2, 0.25) is 0 Å². The number of para-hydroxylation sites is 1. The van der Waals surface area contributed by atoms with Crippen molar-refractivity contribution in [2.75, 3.05) is 6.54 Å². The number of rotatable bonds is 6. The minimum absolute atomic E-state index is 0.145. The largest absolute Gasteiger partial charge is 0.464 e. The van der Waals surface area contributed by atoms with Crippen LogP contribution in [0.15, 0.2) is 34.9 Å². The van der Waals surface area contributed by atoms with Crippen LogP contribution >= 0.6 is 0 Å². The zero-order chi connectivity index (χ0) is 16.2. The molecule has 22 heavy (non-hydrogen) atoms. The second kappa shape index (κ2) is 6.83. The lowest BCUT2D eigenvalue weighted by Crippen LogP contribution is -2.41. The molecule has 0 saturated heterocycles. The van der Waals surface area contributed by atoms with Crippen molar-refractivity contribution in [3.05, 3.63) is 36.1 Å². The summed E-state index contributed by atoms with van der Waals surface area (Å²) < 4.78 is 5.44. The molecule has 0 saturated carbocycles. The second-order valence-corrected chi connectivity index (χ2v) is 6.51. The average Bonchev–Trinajstić information content (AvgIpc) is 2.85. The Balaban J connectivity index is 1.83. The second-order valence-electron chi connectivity index (χ2n) is 6.51. The van der Waals surface area contributed by atoms with Crippen molar-refractivity contribution < 1.29 is 14.3 Å². The fourth-order valence-corrected chi connectivity index (χ4v) is 2.60. The smallest absolute Gasteiger partial charge is 0.315 e. The minimum Gasteiger partial charge on any atom is -0.464 e. The number of amides is 2. The highest BCUT2D eigenvalue weighted by atomic mass is 16.3. The van der Waals surface area contributed by atoms with Gasteiger partial charge in [0.05, 0.1) is 12.4 Å². The van der Waals surface area contributed by atoms with E-state index in [9.17, 15) is 9.90 Å². The third-order valence-electron chi connectivity index (χ3n) is 3.58. The Bertz CT molecular complexity index is 632. The molecule has 0 fully saturated rings. The first-order chi connectivity index (χ1) is 10.4. The van der Waals surface area contributed by atoms with Crippen LogP contribution in [0.3, 0.4) is 0 Å². The molecular formula is C17H24N2O3. The summed E-state index contributed by atoms with van der Waals surface area (Å²) in [5.74, 6) is 0. The monoisotopic (exact) mass is 304 g/mol. The van der Waals surface area contributed by atoms with Gasteiger partial charge in [-0.15, -0.1) is 0 Å². The predicted octanol–water partition coefficient (Wildman–Crippen LogP) is 3.03. The van der Waals surface area contributed by atoms with Gasteiger partial charge in [-0.1, -0.05) is 32.0 Å². The zero-order valence-corrected chi connectivity index (χ0v) is 13.3. The van der Waals surface area contributed by atoms with Crippen molar-refractivity contribution in [3.8, 4) is 0 Å². The summed E-state index contributed by atoms with van der Waals surface area (Å²) in [7, 11) is 0. The van der Waals surface area contributed by atoms with E-state index in [1.165, 1.54) is 0 Å². The lowest BCUT2D eigenvalue weighted by atomic mass is 9.87. The van der Waals surface area contributed by atoms with Crippen LogP contribution in [0.1, 0.15) is 32.8 Å². The summed E-state index contributed by atoms with van der Waals surface area (Å²) >= 11 is 0. The van der Waals surface area contributed by atoms with Crippen molar-refractivity contribution in [2.24, 2.45) is 5.41 Å². The molecule has 1 aromatic carbocycles. The molecule has 2 amide bonds. The van der Waals surface area contributed by atoms with Crippen molar-refractivity contribution in [3.63, 3.8) is 0 Å². The number of hydrogen-bond donors (Lipinski definition) is 3. The highest BCUT2D eigenvalue weighted by molar-refractivity contribution is 5.81. The van der Waals surface area contributed by atoms with E-state index in [4.69, 9.17) is 4.42 Å². The van der Waals surface area contributed by atoms with Gasteiger partial charge in [-0.3, -0.25) is 0 Å². The molecule has 0 spiro atoms. The number of urea groups is 1. The van der Waals surface area contributed by atoms with E-state index in [0.29, 0.717) is 19.5 Å². The van der Waals surface area contributed by atoms with Gasteiger partial charge in [0.25, 0.3) is 0 Å². The molecule has 1 unspecified atom stereocenters. The third kappa shape index (κ3) is 4.49. The van der Waals surface area contributed by atoms with Crippen LogP contribution in [-0.4, -0.2) is 23.8 Å². The Morgan fingerprint density at radius 3 is 2.77 bits per heavy atom. The molecule has 1 atom stereocenters. The molecule has 1 aromatic heterocycles. The van der Waals surface area contributed by atoms with Crippen molar-refractivity contribution in [1.82, 2.24) is 10.6 Å². The van der Waals surface area contributed by atoms with E-state index in [1.54, 1.807) is 13.2 Å². The van der Waals surface area contributed by atoms with E-state index >= 15 is 0 Å². The maximum Gasteiger partial charge on any atom is 0.315 e. The van der Waals surface area contributed by atoms with E-state index in [1.807, 2.05) is 38.1 Å². The number of furan rings is 1. The number of carbonyl (C=O) groups excluding carboxylic acids is 1. The molecule has 0 radical (unpaired) electrons. The quantitative estimate of drug-likeness (QED) is 0.768.